The maximum atomic E-state index is 11.0. The minimum Gasteiger partial charge on any atom is -0.364 e. The van der Waals surface area contributed by atoms with Crippen LogP contribution in [0, 0.1) is 0 Å². The summed E-state index contributed by atoms with van der Waals surface area (Å²) in [5.74, 6) is -0.500. The largest absolute Gasteiger partial charge is 0.364 e. The summed E-state index contributed by atoms with van der Waals surface area (Å²) in [7, 11) is 0. The zero-order valence-electron chi connectivity index (χ0n) is 7.87. The predicted molar refractivity (Wildman–Crippen MR) is 54.0 cm³/mol. The third kappa shape index (κ3) is 1.25. The highest BCUT2D eigenvalue weighted by atomic mass is 16.1. The number of carbonyl (C=O) groups excluding carboxylic acids is 1. The van der Waals surface area contributed by atoms with Crippen LogP contribution in [0.2, 0.25) is 0 Å². The molecule has 14 heavy (non-hydrogen) atoms. The molecule has 1 heterocycles. The normalized spacial score (nSPS) is 10.6. The van der Waals surface area contributed by atoms with E-state index in [0.29, 0.717) is 5.69 Å². The number of nitrogens with one attached hydrogen (secondary N) is 1. The highest BCUT2D eigenvalue weighted by molar-refractivity contribution is 6.03. The summed E-state index contributed by atoms with van der Waals surface area (Å²) >= 11 is 0. The number of hydrogen-bond donors (Lipinski definition) is 2. The van der Waals surface area contributed by atoms with Crippen molar-refractivity contribution >= 4 is 16.8 Å². The van der Waals surface area contributed by atoms with Gasteiger partial charge >= 0.3 is 0 Å². The lowest BCUT2D eigenvalue weighted by atomic mass is 10.1. The second-order valence-electron chi connectivity index (χ2n) is 3.17. The van der Waals surface area contributed by atoms with Crippen LogP contribution in [0.5, 0.6) is 0 Å². The van der Waals surface area contributed by atoms with Gasteiger partial charge < -0.3 is 5.73 Å². The van der Waals surface area contributed by atoms with Crippen molar-refractivity contribution in [2.24, 2.45) is 5.73 Å². The minimum absolute atomic E-state index is 0.308. The van der Waals surface area contributed by atoms with Crippen LogP contribution in [0.4, 0.5) is 0 Å². The molecule has 0 saturated carbocycles. The van der Waals surface area contributed by atoms with E-state index in [0.717, 1.165) is 17.3 Å². The quantitative estimate of drug-likeness (QED) is 0.745. The number of primary amides is 1. The van der Waals surface area contributed by atoms with Gasteiger partial charge in [0.15, 0.2) is 5.69 Å². The molecule has 0 unspecified atom stereocenters. The van der Waals surface area contributed by atoms with E-state index >= 15 is 0 Å². The van der Waals surface area contributed by atoms with Gasteiger partial charge in [0.05, 0.1) is 5.52 Å². The zero-order valence-corrected chi connectivity index (χ0v) is 7.87. The van der Waals surface area contributed by atoms with Crippen LogP contribution in [0.25, 0.3) is 10.9 Å². The molecule has 0 aliphatic carbocycles. The lowest BCUT2D eigenvalue weighted by Gasteiger charge is -1.95. The van der Waals surface area contributed by atoms with Crippen LogP contribution in [-0.2, 0) is 6.42 Å². The van der Waals surface area contributed by atoms with Crippen molar-refractivity contribution in [1.29, 1.82) is 0 Å². The Morgan fingerprint density at radius 2 is 2.36 bits per heavy atom. The van der Waals surface area contributed by atoms with E-state index in [1.165, 1.54) is 5.56 Å². The molecule has 0 radical (unpaired) electrons. The Hall–Kier alpha value is -1.84. The Labute approximate surface area is 81.1 Å². The fraction of sp³-hybridized carbons (Fsp3) is 0.200. The number of aromatic nitrogens is 2. The molecule has 0 atom stereocenters. The number of nitrogens with two attached hydrogens (primary N) is 1. The number of H-pyrrole nitrogens is 1. The molecule has 2 rings (SSSR count). The molecule has 1 aromatic heterocycles. The highest BCUT2D eigenvalue weighted by Gasteiger charge is 2.10. The van der Waals surface area contributed by atoms with E-state index in [9.17, 15) is 4.79 Å². The molecule has 0 fully saturated rings. The second kappa shape index (κ2) is 3.14. The van der Waals surface area contributed by atoms with Crippen LogP contribution in [-0.4, -0.2) is 16.1 Å². The maximum absolute atomic E-state index is 11.0. The molecule has 72 valence electrons. The molecule has 4 heteroatoms. The molecule has 4 nitrogen and oxygen atoms in total. The summed E-state index contributed by atoms with van der Waals surface area (Å²) in [6.45, 7) is 2.08. The molecule has 2 aromatic rings. The Morgan fingerprint density at radius 1 is 1.57 bits per heavy atom. The number of fused-ring (bicyclic) bond motifs is 1. The Morgan fingerprint density at radius 3 is 3.00 bits per heavy atom. The Balaban J connectivity index is 2.65. The van der Waals surface area contributed by atoms with E-state index in [2.05, 4.69) is 17.1 Å². The zero-order chi connectivity index (χ0) is 10.1. The summed E-state index contributed by atoms with van der Waals surface area (Å²) < 4.78 is 0. The van der Waals surface area contributed by atoms with Crippen LogP contribution < -0.4 is 5.73 Å². The van der Waals surface area contributed by atoms with E-state index in [-0.39, 0.29) is 0 Å². The van der Waals surface area contributed by atoms with E-state index < -0.39 is 5.91 Å². The molecular weight excluding hydrogens is 178 g/mol. The van der Waals surface area contributed by atoms with Gasteiger partial charge in [-0.25, -0.2) is 0 Å². The van der Waals surface area contributed by atoms with Crippen molar-refractivity contribution in [3.63, 3.8) is 0 Å². The second-order valence-corrected chi connectivity index (χ2v) is 3.17. The monoisotopic (exact) mass is 189 g/mol. The Kier molecular flexibility index (Phi) is 1.96. The molecule has 0 bridgehead atoms. The van der Waals surface area contributed by atoms with Crippen LogP contribution in [0.15, 0.2) is 18.2 Å². The van der Waals surface area contributed by atoms with Gasteiger partial charge in [-0.15, -0.1) is 0 Å². The van der Waals surface area contributed by atoms with E-state index in [1.54, 1.807) is 0 Å². The van der Waals surface area contributed by atoms with Gasteiger partial charge in [-0.05, 0) is 18.1 Å². The molecule has 3 N–H and O–H groups in total. The summed E-state index contributed by atoms with van der Waals surface area (Å²) in [5.41, 5.74) is 7.55. The topological polar surface area (TPSA) is 71.8 Å². The average Bonchev–Trinajstić information content (AvgIpc) is 2.59. The SMILES string of the molecule is CCc1ccc2c(C(N)=O)n[nH]c2c1. The number of rotatable bonds is 2. The van der Waals surface area contributed by atoms with Crippen molar-refractivity contribution in [3.05, 3.63) is 29.5 Å². The van der Waals surface area contributed by atoms with Crippen molar-refractivity contribution in [1.82, 2.24) is 10.2 Å². The molecule has 0 saturated heterocycles. The molecule has 1 amide bonds. The van der Waals surface area contributed by atoms with Gasteiger partial charge in [-0.2, -0.15) is 5.10 Å². The highest BCUT2D eigenvalue weighted by Crippen LogP contribution is 2.17. The van der Waals surface area contributed by atoms with Gasteiger partial charge in [0, 0.05) is 5.39 Å². The van der Waals surface area contributed by atoms with Gasteiger partial charge in [0.1, 0.15) is 0 Å². The van der Waals surface area contributed by atoms with Gasteiger partial charge in [0.2, 0.25) is 0 Å². The number of carbonyl (C=O) groups is 1. The van der Waals surface area contributed by atoms with Crippen LogP contribution in [0.3, 0.4) is 0 Å². The fourth-order valence-corrected chi connectivity index (χ4v) is 1.47. The summed E-state index contributed by atoms with van der Waals surface area (Å²) in [4.78, 5) is 11.0. The molecule has 0 aliphatic heterocycles. The predicted octanol–water partition coefficient (Wildman–Crippen LogP) is 1.22. The summed E-state index contributed by atoms with van der Waals surface area (Å²) in [5, 5.41) is 7.45. The fourth-order valence-electron chi connectivity index (χ4n) is 1.47. The molecule has 1 aromatic carbocycles. The molecule has 0 spiro atoms. The first-order valence-electron chi connectivity index (χ1n) is 4.49. The van der Waals surface area contributed by atoms with Crippen molar-refractivity contribution in [2.45, 2.75) is 13.3 Å². The minimum atomic E-state index is -0.500. The summed E-state index contributed by atoms with van der Waals surface area (Å²) in [6, 6.07) is 5.83. The number of amides is 1. The standard InChI is InChI=1S/C10H11N3O/c1-2-6-3-4-7-8(5-6)12-13-9(7)10(11)14/h3-5H,2H2,1H3,(H2,11,14)(H,12,13). The van der Waals surface area contributed by atoms with Crippen molar-refractivity contribution in [3.8, 4) is 0 Å². The average molecular weight is 189 g/mol. The summed E-state index contributed by atoms with van der Waals surface area (Å²) in [6.07, 6.45) is 0.959. The van der Waals surface area contributed by atoms with E-state index in [1.807, 2.05) is 18.2 Å². The number of aromatic amines is 1. The van der Waals surface area contributed by atoms with Gasteiger partial charge in [-0.1, -0.05) is 19.1 Å². The first-order chi connectivity index (χ1) is 6.72. The molecular formula is C10H11N3O. The van der Waals surface area contributed by atoms with Crippen LogP contribution in [0.1, 0.15) is 23.0 Å². The number of nitrogens with zero attached hydrogens (tertiary/aromatic N) is 1. The van der Waals surface area contributed by atoms with Crippen LogP contribution >= 0.6 is 0 Å². The van der Waals surface area contributed by atoms with Gasteiger partial charge in [-0.3, -0.25) is 9.89 Å². The number of hydrogen-bond acceptors (Lipinski definition) is 2. The third-order valence-electron chi connectivity index (χ3n) is 2.27. The van der Waals surface area contributed by atoms with Crippen molar-refractivity contribution < 1.29 is 4.79 Å². The van der Waals surface area contributed by atoms with Crippen molar-refractivity contribution in [2.75, 3.05) is 0 Å². The first-order valence-corrected chi connectivity index (χ1v) is 4.49. The molecule has 0 aliphatic rings. The Bertz CT molecular complexity index is 487. The lowest BCUT2D eigenvalue weighted by Crippen LogP contribution is -2.11. The number of benzene rings is 1. The lowest BCUT2D eigenvalue weighted by molar-refractivity contribution is 0.0997. The third-order valence-corrected chi connectivity index (χ3v) is 2.27. The maximum Gasteiger partial charge on any atom is 0.269 e. The number of aryl methyl sites for hydroxylation is 1. The van der Waals surface area contributed by atoms with E-state index in [4.69, 9.17) is 5.73 Å². The van der Waals surface area contributed by atoms with Gasteiger partial charge in [0.25, 0.3) is 5.91 Å². The first kappa shape index (κ1) is 8.74. The smallest absolute Gasteiger partial charge is 0.269 e.